The summed E-state index contributed by atoms with van der Waals surface area (Å²) < 4.78 is 0. The van der Waals surface area contributed by atoms with Gasteiger partial charge in [-0.15, -0.1) is 0 Å². The molecule has 1 N–H and O–H groups in total. The number of piperazine rings is 1. The van der Waals surface area contributed by atoms with Crippen LogP contribution in [0.4, 0.5) is 0 Å². The number of likely N-dealkylation sites (N-methyl/N-ethyl adjacent to an activating group) is 1. The average Bonchev–Trinajstić information content (AvgIpc) is 2.98. The van der Waals surface area contributed by atoms with E-state index in [0.29, 0.717) is 11.4 Å². The fraction of sp³-hybridized carbons (Fsp3) is 0.652. The Morgan fingerprint density at radius 2 is 1.84 bits per heavy atom. The number of nitrogens with one attached hydrogen (secondary N) is 1. The highest BCUT2D eigenvalue weighted by molar-refractivity contribution is 6.30. The number of hydrogen-bond acceptors (Lipinski definition) is 4. The summed E-state index contributed by atoms with van der Waals surface area (Å²) in [7, 11) is 4.04. The summed E-state index contributed by atoms with van der Waals surface area (Å²) in [6, 6.07) is 7.55. The van der Waals surface area contributed by atoms with E-state index in [9.17, 15) is 4.79 Å². The van der Waals surface area contributed by atoms with Gasteiger partial charge in [-0.05, 0) is 57.2 Å². The highest BCUT2D eigenvalue weighted by Gasteiger charge is 2.23. The molecule has 1 aromatic carbocycles. The van der Waals surface area contributed by atoms with E-state index >= 15 is 0 Å². The minimum Gasteiger partial charge on any atom is -0.356 e. The van der Waals surface area contributed by atoms with Crippen LogP contribution in [0.5, 0.6) is 0 Å². The van der Waals surface area contributed by atoms with E-state index in [-0.39, 0.29) is 5.91 Å². The first-order valence-electron chi connectivity index (χ1n) is 11.4. The second-order valence-electron chi connectivity index (χ2n) is 8.50. The molecule has 2 heterocycles. The molecule has 0 bridgehead atoms. The highest BCUT2D eigenvalue weighted by atomic mass is 35.5. The molecule has 0 aliphatic carbocycles. The minimum atomic E-state index is 0.160. The molecule has 0 atom stereocenters. The number of rotatable bonds is 6. The van der Waals surface area contributed by atoms with Gasteiger partial charge in [0.1, 0.15) is 0 Å². The molecule has 0 saturated carbocycles. The molecule has 1 amide bonds. The minimum absolute atomic E-state index is 0.160. The zero-order valence-corrected chi connectivity index (χ0v) is 19.8. The number of benzene rings is 1. The van der Waals surface area contributed by atoms with Crippen molar-refractivity contribution in [1.82, 2.24) is 24.9 Å². The first-order valence-corrected chi connectivity index (χ1v) is 11.8. The average molecular weight is 449 g/mol. The van der Waals surface area contributed by atoms with Crippen molar-refractivity contribution in [2.24, 2.45) is 4.99 Å². The number of hydrogen-bond donors (Lipinski definition) is 1. The Kier molecular flexibility index (Phi) is 9.43. The highest BCUT2D eigenvalue weighted by Crippen LogP contribution is 2.13. The van der Waals surface area contributed by atoms with Gasteiger partial charge in [0.25, 0.3) is 0 Å². The van der Waals surface area contributed by atoms with Crippen molar-refractivity contribution in [2.75, 3.05) is 79.5 Å². The van der Waals surface area contributed by atoms with Crippen LogP contribution < -0.4 is 5.32 Å². The van der Waals surface area contributed by atoms with Crippen LogP contribution in [-0.4, -0.2) is 111 Å². The molecule has 2 aliphatic heterocycles. The molecule has 7 nitrogen and oxygen atoms in total. The van der Waals surface area contributed by atoms with Crippen molar-refractivity contribution in [3.8, 4) is 0 Å². The second kappa shape index (κ2) is 12.3. The Morgan fingerprint density at radius 1 is 1.06 bits per heavy atom. The summed E-state index contributed by atoms with van der Waals surface area (Å²) in [5.74, 6) is 1.10. The van der Waals surface area contributed by atoms with Gasteiger partial charge in [0.05, 0.1) is 6.42 Å². The van der Waals surface area contributed by atoms with Crippen LogP contribution in [0.25, 0.3) is 0 Å². The van der Waals surface area contributed by atoms with Crippen molar-refractivity contribution in [1.29, 1.82) is 0 Å². The number of amides is 1. The van der Waals surface area contributed by atoms with Crippen LogP contribution >= 0.6 is 11.6 Å². The van der Waals surface area contributed by atoms with Crippen molar-refractivity contribution < 1.29 is 4.79 Å². The van der Waals surface area contributed by atoms with Crippen molar-refractivity contribution in [3.05, 3.63) is 34.9 Å². The van der Waals surface area contributed by atoms with Gasteiger partial charge >= 0.3 is 0 Å². The van der Waals surface area contributed by atoms with E-state index < -0.39 is 0 Å². The van der Waals surface area contributed by atoms with E-state index in [4.69, 9.17) is 11.6 Å². The Bertz CT molecular complexity index is 735. The van der Waals surface area contributed by atoms with Crippen LogP contribution in [0.1, 0.15) is 18.4 Å². The first-order chi connectivity index (χ1) is 15.0. The van der Waals surface area contributed by atoms with Gasteiger partial charge in [-0.3, -0.25) is 9.79 Å². The maximum Gasteiger partial charge on any atom is 0.227 e. The normalized spacial score (nSPS) is 19.4. The molecule has 0 spiro atoms. The first kappa shape index (κ1) is 23.8. The number of carbonyl (C=O) groups is 1. The van der Waals surface area contributed by atoms with Gasteiger partial charge in [-0.2, -0.15) is 0 Å². The van der Waals surface area contributed by atoms with Crippen LogP contribution in [-0.2, 0) is 11.2 Å². The maximum absolute atomic E-state index is 12.6. The second-order valence-corrected chi connectivity index (χ2v) is 8.94. The molecule has 31 heavy (non-hydrogen) atoms. The van der Waals surface area contributed by atoms with Gasteiger partial charge < -0.3 is 24.9 Å². The van der Waals surface area contributed by atoms with Gasteiger partial charge in [-0.25, -0.2) is 0 Å². The fourth-order valence-electron chi connectivity index (χ4n) is 4.26. The Balaban J connectivity index is 1.36. The van der Waals surface area contributed by atoms with E-state index in [2.05, 4.69) is 32.1 Å². The number of nitrogens with zero attached hydrogens (tertiary/aromatic N) is 5. The lowest BCUT2D eigenvalue weighted by Crippen LogP contribution is -2.54. The molecule has 2 aliphatic rings. The predicted octanol–water partition coefficient (Wildman–Crippen LogP) is 1.63. The van der Waals surface area contributed by atoms with Crippen LogP contribution in [0.2, 0.25) is 5.02 Å². The molecule has 2 saturated heterocycles. The van der Waals surface area contributed by atoms with Crippen LogP contribution in [0.3, 0.4) is 0 Å². The molecule has 1 aromatic rings. The van der Waals surface area contributed by atoms with Crippen molar-refractivity contribution in [3.63, 3.8) is 0 Å². The summed E-state index contributed by atoms with van der Waals surface area (Å²) in [4.78, 5) is 26.3. The smallest absolute Gasteiger partial charge is 0.227 e. The number of halogens is 1. The summed E-state index contributed by atoms with van der Waals surface area (Å²) in [5, 5.41) is 4.19. The number of aliphatic imine (C=N–C) groups is 1. The third kappa shape index (κ3) is 7.66. The lowest BCUT2D eigenvalue weighted by Gasteiger charge is -2.36. The van der Waals surface area contributed by atoms with Gasteiger partial charge in [0.15, 0.2) is 5.96 Å². The third-order valence-corrected chi connectivity index (χ3v) is 6.37. The Labute approximate surface area is 192 Å². The van der Waals surface area contributed by atoms with Gasteiger partial charge in [-0.1, -0.05) is 23.7 Å². The van der Waals surface area contributed by atoms with Gasteiger partial charge in [0.2, 0.25) is 5.91 Å². The molecular weight excluding hydrogens is 412 g/mol. The molecule has 8 heteroatoms. The molecule has 0 radical (unpaired) electrons. The van der Waals surface area contributed by atoms with Crippen molar-refractivity contribution >= 4 is 23.5 Å². The van der Waals surface area contributed by atoms with Crippen molar-refractivity contribution in [2.45, 2.75) is 19.3 Å². The topological polar surface area (TPSA) is 54.4 Å². The van der Waals surface area contributed by atoms with E-state index in [1.807, 2.05) is 36.2 Å². The Morgan fingerprint density at radius 3 is 2.58 bits per heavy atom. The molecular formula is C23H37ClN6O. The summed E-state index contributed by atoms with van der Waals surface area (Å²) in [5.41, 5.74) is 0.966. The quantitative estimate of drug-likeness (QED) is 0.407. The molecule has 0 unspecified atom stereocenters. The third-order valence-electron chi connectivity index (χ3n) is 6.13. The lowest BCUT2D eigenvalue weighted by atomic mass is 10.1. The maximum atomic E-state index is 12.6. The van der Waals surface area contributed by atoms with E-state index in [1.165, 1.54) is 19.5 Å². The predicted molar refractivity (Wildman–Crippen MR) is 128 cm³/mol. The summed E-state index contributed by atoms with van der Waals surface area (Å²) in [6.07, 6.45) is 2.77. The Hall–Kier alpha value is -1.83. The molecule has 172 valence electrons. The summed E-state index contributed by atoms with van der Waals surface area (Å²) in [6.45, 7) is 9.84. The molecule has 2 fully saturated rings. The largest absolute Gasteiger partial charge is 0.356 e. The number of carbonyl (C=O) groups excluding carboxylic acids is 1. The number of guanidine groups is 1. The van der Waals surface area contributed by atoms with E-state index in [1.54, 1.807) is 0 Å². The van der Waals surface area contributed by atoms with Crippen LogP contribution in [0, 0.1) is 0 Å². The standard InChI is InChI=1S/C23H37ClN6O/c1-25-23(26-8-4-10-28-11-5-9-27(2)12-13-28)30-16-14-29(15-17-30)22(31)19-20-6-3-7-21(24)18-20/h3,6-7,18H,4-5,8-17,19H2,1-2H3,(H,25,26). The lowest BCUT2D eigenvalue weighted by molar-refractivity contribution is -0.131. The zero-order chi connectivity index (χ0) is 22.1. The van der Waals surface area contributed by atoms with Gasteiger partial charge in [0, 0.05) is 57.9 Å². The fourth-order valence-corrected chi connectivity index (χ4v) is 4.47. The summed E-state index contributed by atoms with van der Waals surface area (Å²) >= 11 is 6.04. The monoisotopic (exact) mass is 448 g/mol. The van der Waals surface area contributed by atoms with Crippen LogP contribution in [0.15, 0.2) is 29.3 Å². The molecule has 0 aromatic heterocycles. The van der Waals surface area contributed by atoms with E-state index in [0.717, 1.165) is 70.3 Å². The SMILES string of the molecule is CN=C(NCCCN1CCCN(C)CC1)N1CCN(C(=O)Cc2cccc(Cl)c2)CC1. The molecule has 3 rings (SSSR count). The zero-order valence-electron chi connectivity index (χ0n) is 19.0.